The van der Waals surface area contributed by atoms with Gasteiger partial charge < -0.3 is 104 Å². The Morgan fingerprint density at radius 1 is 0.448 bits per heavy atom. The summed E-state index contributed by atoms with van der Waals surface area (Å²) in [6.45, 7) is -2.82. The van der Waals surface area contributed by atoms with Gasteiger partial charge in [0, 0.05) is 0 Å². The van der Waals surface area contributed by atoms with E-state index >= 15 is 0 Å². The molecule has 0 aliphatic carbocycles. The van der Waals surface area contributed by atoms with Gasteiger partial charge in [0.2, 0.25) is 11.5 Å². The first kappa shape index (κ1) is 73.5. The summed E-state index contributed by atoms with van der Waals surface area (Å²) in [6.07, 6.45) is -11.7. The van der Waals surface area contributed by atoms with E-state index in [0.29, 0.717) is 0 Å². The minimum Gasteiger partial charge on any atom is -1.00 e. The van der Waals surface area contributed by atoms with Crippen LogP contribution in [-0.2, 0) is 57.3 Å². The quantitative estimate of drug-likeness (QED) is 0.0465. The average molecular weight is 959 g/mol. The predicted molar refractivity (Wildman–Crippen MR) is 167 cm³/mol. The molecule has 18 N–H and O–H groups in total. The molecule has 0 bridgehead atoms. The van der Waals surface area contributed by atoms with Crippen LogP contribution in [0.3, 0.4) is 0 Å². The van der Waals surface area contributed by atoms with Crippen molar-refractivity contribution >= 4 is 83.1 Å². The second-order valence-corrected chi connectivity index (χ2v) is 9.16. The van der Waals surface area contributed by atoms with Crippen LogP contribution >= 0.6 is 36.1 Å². The van der Waals surface area contributed by atoms with Gasteiger partial charge in [-0.05, 0) is 0 Å². The third kappa shape index (κ3) is 20.5. The van der Waals surface area contributed by atoms with Gasteiger partial charge >= 0.3 is 94.6 Å². The zero-order valence-electron chi connectivity index (χ0n) is 29.1. The summed E-state index contributed by atoms with van der Waals surface area (Å²) < 4.78 is 30.0. The van der Waals surface area contributed by atoms with E-state index in [0.717, 1.165) is 0 Å². The molecule has 8 atom stereocenters. The van der Waals surface area contributed by atoms with Crippen molar-refractivity contribution in [3.8, 4) is 0 Å². The topological polar surface area (TPSA) is 520 Å². The number of hydrogen-bond acceptors (Lipinski definition) is 26. The van der Waals surface area contributed by atoms with E-state index in [4.69, 9.17) is 70.6 Å². The minimum absolute atomic E-state index is 0. The number of aliphatic hydroxyl groups is 12. The van der Waals surface area contributed by atoms with Crippen LogP contribution in [0.4, 0.5) is 0 Å². The van der Waals surface area contributed by atoms with Crippen LogP contribution < -0.4 is 71.5 Å². The first-order valence-electron chi connectivity index (χ1n) is 13.0. The number of halogens is 4. The van der Waals surface area contributed by atoms with E-state index in [2.05, 4.69) is 42.7 Å². The molecule has 58 heavy (non-hydrogen) atoms. The summed E-state index contributed by atoms with van der Waals surface area (Å²) in [7, 11) is 0. The van der Waals surface area contributed by atoms with Crippen LogP contribution in [0.25, 0.3) is 0 Å². The summed E-state index contributed by atoms with van der Waals surface area (Å²) in [6, 6.07) is 0. The molecule has 0 aromatic rings. The predicted octanol–water partition coefficient (Wildman–Crippen LogP) is -18.0. The van der Waals surface area contributed by atoms with Crippen LogP contribution in [0.5, 0.6) is 0 Å². The van der Waals surface area contributed by atoms with Crippen LogP contribution in [0.15, 0.2) is 23.0 Å². The Bertz CT molecular complexity index is 1280. The number of Topliss-reactive ketones (excluding diaryl/α,β-unsaturated/α-hetero) is 4. The Hall–Kier alpha value is -2.08. The molecule has 4 rings (SSSR count). The Labute approximate surface area is 389 Å². The number of ketones is 4. The number of aliphatic hydroxyl groups excluding tert-OH is 12. The van der Waals surface area contributed by atoms with Crippen molar-refractivity contribution in [3.63, 3.8) is 0 Å². The van der Waals surface area contributed by atoms with Gasteiger partial charge in [0.25, 0.3) is 11.6 Å². The normalized spacial score (nSPS) is 21.6. The van der Waals surface area contributed by atoms with E-state index in [9.17, 15) is 38.4 Å². The molecule has 0 saturated carbocycles. The van der Waals surface area contributed by atoms with Crippen molar-refractivity contribution in [1.82, 2.24) is 0 Å². The molecule has 4 heterocycles. The van der Waals surface area contributed by atoms with Gasteiger partial charge in [0.15, 0.2) is 35.9 Å². The minimum atomic E-state index is -1.53. The number of carbonyl (C=O) groups is 8. The number of rotatable bonds is 8. The molecular weight excluding hydrogens is 924 g/mol. The van der Waals surface area contributed by atoms with Gasteiger partial charge in [-0.25, -0.2) is 19.2 Å². The zero-order chi connectivity index (χ0) is 41.2. The van der Waals surface area contributed by atoms with E-state index in [1.807, 2.05) is 0 Å². The number of cyclic esters (lactones) is 4. The number of hydrogen-bond donors (Lipinski definition) is 14. The van der Waals surface area contributed by atoms with Crippen molar-refractivity contribution in [2.45, 2.75) is 48.8 Å². The summed E-state index contributed by atoms with van der Waals surface area (Å²) in [4.78, 5) is 84.5. The summed E-state index contributed by atoms with van der Waals surface area (Å²) >= 11 is 7.28. The van der Waals surface area contributed by atoms with Gasteiger partial charge in [-0.2, -0.15) is 0 Å². The van der Waals surface area contributed by atoms with Crippen LogP contribution in [0, 0.1) is 0 Å². The molecule has 2 saturated heterocycles. The molecule has 0 aromatic heterocycles. The molecule has 4 aliphatic rings. The Morgan fingerprint density at radius 3 is 0.776 bits per heavy atom. The molecule has 0 unspecified atom stereocenters. The van der Waals surface area contributed by atoms with E-state index in [1.165, 1.54) is 0 Å². The molecule has 0 amide bonds. The molecule has 0 radical (unpaired) electrons. The van der Waals surface area contributed by atoms with Gasteiger partial charge in [-0.3, -0.25) is 28.5 Å². The fourth-order valence-electron chi connectivity index (χ4n) is 3.25. The van der Waals surface area contributed by atoms with E-state index < -0.39 is 145 Å². The number of esters is 4. The summed E-state index contributed by atoms with van der Waals surface area (Å²) in [5.41, 5.74) is 0. The number of ether oxygens (including phenoxy) is 4. The smallest absolute Gasteiger partial charge is 1.00 e. The SMILES string of the molecule is Cl.O.O.O=C1O[C@H]([C@@H](O)CO)C(=O)C1=O.O=C1O[C@H]([C@@H](O)CO)C(=O)C1=O.O=C1O[C@H]([C@@H](O)CO)C(O)=C1O.O=C1O[C@H]([C@@H](O)CO)C(O)=C1O.OCl.OCl.[Cl-].[Na+].[Na+]. The van der Waals surface area contributed by atoms with Crippen molar-refractivity contribution in [3.05, 3.63) is 23.0 Å². The maximum atomic E-state index is 10.7. The monoisotopic (exact) mass is 957 g/mol. The summed E-state index contributed by atoms with van der Waals surface area (Å²) in [5.74, 6) is -12.9. The third-order valence-electron chi connectivity index (χ3n) is 5.83. The molecule has 328 valence electrons. The van der Waals surface area contributed by atoms with Gasteiger partial charge in [-0.1, -0.05) is 0 Å². The first-order valence-corrected chi connectivity index (χ1v) is 13.7. The van der Waals surface area contributed by atoms with Crippen molar-refractivity contribution in [2.24, 2.45) is 0 Å². The van der Waals surface area contributed by atoms with Crippen LogP contribution in [-0.4, -0.2) is 204 Å². The van der Waals surface area contributed by atoms with Crippen molar-refractivity contribution in [2.75, 3.05) is 26.4 Å². The molecule has 2 fully saturated rings. The molecular formula is C24H35Cl4Na2O28+. The molecule has 0 aromatic carbocycles. The second kappa shape index (κ2) is 36.7. The molecule has 4 aliphatic heterocycles. The third-order valence-corrected chi connectivity index (χ3v) is 5.83. The Morgan fingerprint density at radius 2 is 0.638 bits per heavy atom. The Kier molecular flexibility index (Phi) is 46.5. The standard InChI is InChI=1S/2C6H8O6.2C6H6O6.2ClHO.2ClH.2Na.2H2O/c4*7-1-2(8)5-3(9)4(10)6(11)12-5;2*1-2;;;;;;/h2*2,5,7-10H,1H2;2*2,5,7-8H,1H2;2*2H;2*1H;;;2*1H2/q;;;;;;;;2*+1;;/p-1/t4*2-,5+;;;;;;;;/m0000......../s1. The maximum Gasteiger partial charge on any atom is 1.00 e. The zero-order valence-corrected chi connectivity index (χ0v) is 36.2. The van der Waals surface area contributed by atoms with Gasteiger partial charge in [-0.15, -0.1) is 12.4 Å². The van der Waals surface area contributed by atoms with E-state index in [1.54, 1.807) is 0 Å². The fraction of sp³-hybridized carbons (Fsp3) is 0.500. The van der Waals surface area contributed by atoms with Crippen molar-refractivity contribution < 1.29 is 210 Å². The first-order chi connectivity index (χ1) is 24.3. The average Bonchev–Trinajstić information content (AvgIpc) is 3.78. The fourth-order valence-corrected chi connectivity index (χ4v) is 3.25. The largest absolute Gasteiger partial charge is 1.00 e. The van der Waals surface area contributed by atoms with E-state index in [-0.39, 0.29) is 94.9 Å². The second-order valence-electron chi connectivity index (χ2n) is 9.16. The van der Waals surface area contributed by atoms with Crippen molar-refractivity contribution in [1.29, 1.82) is 0 Å². The van der Waals surface area contributed by atoms with Gasteiger partial charge in [0.05, 0.1) is 50.2 Å². The molecule has 28 nitrogen and oxygen atoms in total. The number of carbonyl (C=O) groups excluding carboxylic acids is 8. The maximum absolute atomic E-state index is 10.7. The molecule has 0 spiro atoms. The summed E-state index contributed by atoms with van der Waals surface area (Å²) in [5, 5.41) is 105. The molecule has 34 heteroatoms. The Balaban J connectivity index is -0.0000000899. The van der Waals surface area contributed by atoms with Crippen LogP contribution in [0.2, 0.25) is 0 Å². The van der Waals surface area contributed by atoms with Crippen LogP contribution in [0.1, 0.15) is 0 Å². The van der Waals surface area contributed by atoms with Gasteiger partial charge in [0.1, 0.15) is 24.4 Å².